The lowest BCUT2D eigenvalue weighted by atomic mass is 10.0. The first kappa shape index (κ1) is 11.1. The zero-order chi connectivity index (χ0) is 11.8. The van der Waals surface area contributed by atoms with Gasteiger partial charge in [0.1, 0.15) is 0 Å². The maximum atomic E-state index is 11.7. The van der Waals surface area contributed by atoms with E-state index in [2.05, 4.69) is 5.59 Å². The third kappa shape index (κ3) is 1.94. The summed E-state index contributed by atoms with van der Waals surface area (Å²) in [5.74, 6) is -0.263. The van der Waals surface area contributed by atoms with Crippen molar-refractivity contribution in [2.75, 3.05) is 0 Å². The predicted molar refractivity (Wildman–Crippen MR) is 60.0 cm³/mol. The highest BCUT2D eigenvalue weighted by Gasteiger charge is 2.42. The minimum atomic E-state index is -0.374. The van der Waals surface area contributed by atoms with Crippen LogP contribution < -0.4 is 5.59 Å². The van der Waals surface area contributed by atoms with Crippen LogP contribution >= 0.6 is 0 Å². The van der Waals surface area contributed by atoms with Gasteiger partial charge in [0.25, 0.3) is 0 Å². The average molecular weight is 220 g/mol. The van der Waals surface area contributed by atoms with Gasteiger partial charge in [-0.15, -0.1) is 0 Å². The van der Waals surface area contributed by atoms with Crippen LogP contribution in [-0.2, 0) is 9.63 Å². The number of nitrogens with one attached hydrogen (secondary N) is 1. The van der Waals surface area contributed by atoms with Gasteiger partial charge in [-0.25, -0.2) is 4.79 Å². The molecule has 2 rings (SSSR count). The minimum absolute atomic E-state index is 0.188. The molecule has 1 aliphatic heterocycles. The van der Waals surface area contributed by atoms with Gasteiger partial charge in [0.05, 0.1) is 0 Å². The van der Waals surface area contributed by atoms with Crippen LogP contribution in [0.2, 0.25) is 0 Å². The highest BCUT2D eigenvalue weighted by molar-refractivity contribution is 5.78. The van der Waals surface area contributed by atoms with Crippen molar-refractivity contribution in [1.82, 2.24) is 10.6 Å². The molecule has 16 heavy (non-hydrogen) atoms. The summed E-state index contributed by atoms with van der Waals surface area (Å²) in [7, 11) is 0. The van der Waals surface area contributed by atoms with E-state index in [1.54, 1.807) is 0 Å². The summed E-state index contributed by atoms with van der Waals surface area (Å²) in [6.45, 7) is 6.08. The van der Waals surface area contributed by atoms with Crippen LogP contribution in [0.4, 0.5) is 0 Å². The fraction of sp³-hybridized carbons (Fsp3) is 0.417. The van der Waals surface area contributed by atoms with E-state index in [0.717, 1.165) is 5.56 Å². The molecule has 0 saturated carbocycles. The Bertz CT molecular complexity index is 384. The van der Waals surface area contributed by atoms with Crippen molar-refractivity contribution in [3.8, 4) is 0 Å². The van der Waals surface area contributed by atoms with Crippen LogP contribution in [0.1, 0.15) is 32.4 Å². The third-order valence-electron chi connectivity index (χ3n) is 2.56. The van der Waals surface area contributed by atoms with Gasteiger partial charge in [0.2, 0.25) is 0 Å². The van der Waals surface area contributed by atoms with E-state index >= 15 is 0 Å². The van der Waals surface area contributed by atoms with E-state index in [-0.39, 0.29) is 17.6 Å². The number of carbonyl (C=O) groups is 1. The fourth-order valence-corrected chi connectivity index (χ4v) is 1.75. The summed E-state index contributed by atoms with van der Waals surface area (Å²) in [6.07, 6.45) is 0. The molecule has 1 N–H and O–H groups in total. The predicted octanol–water partition coefficient (Wildman–Crippen LogP) is 1.80. The van der Waals surface area contributed by atoms with Gasteiger partial charge in [0, 0.05) is 5.54 Å². The lowest BCUT2D eigenvalue weighted by Crippen LogP contribution is -2.47. The van der Waals surface area contributed by atoms with Crippen molar-refractivity contribution in [1.29, 1.82) is 0 Å². The lowest BCUT2D eigenvalue weighted by molar-refractivity contribution is -0.145. The molecule has 1 aromatic rings. The van der Waals surface area contributed by atoms with Crippen molar-refractivity contribution in [2.45, 2.75) is 32.4 Å². The van der Waals surface area contributed by atoms with Gasteiger partial charge in [-0.2, -0.15) is 5.01 Å². The van der Waals surface area contributed by atoms with Crippen LogP contribution in [-0.4, -0.2) is 16.5 Å². The Labute approximate surface area is 95.1 Å². The number of hydrogen-bond donors (Lipinski definition) is 1. The Morgan fingerprint density at radius 1 is 1.25 bits per heavy atom. The molecule has 1 unspecified atom stereocenters. The Hall–Kier alpha value is -1.39. The molecule has 0 aliphatic carbocycles. The summed E-state index contributed by atoms with van der Waals surface area (Å²) in [6, 6.07) is 9.25. The summed E-state index contributed by atoms with van der Waals surface area (Å²) in [4.78, 5) is 16.6. The summed E-state index contributed by atoms with van der Waals surface area (Å²) >= 11 is 0. The van der Waals surface area contributed by atoms with Gasteiger partial charge in [-0.3, -0.25) is 0 Å². The molecular weight excluding hydrogens is 204 g/mol. The quantitative estimate of drug-likeness (QED) is 0.783. The first-order valence-electron chi connectivity index (χ1n) is 5.31. The molecule has 1 saturated heterocycles. The molecule has 0 amide bonds. The number of hydrazine groups is 1. The van der Waals surface area contributed by atoms with Crippen LogP contribution in [0.5, 0.6) is 0 Å². The molecule has 1 fully saturated rings. The molecule has 1 heterocycles. The zero-order valence-electron chi connectivity index (χ0n) is 9.73. The van der Waals surface area contributed by atoms with E-state index in [0.29, 0.717) is 0 Å². The van der Waals surface area contributed by atoms with Gasteiger partial charge in [-0.05, 0) is 26.3 Å². The average Bonchev–Trinajstić information content (AvgIpc) is 2.61. The van der Waals surface area contributed by atoms with E-state index in [9.17, 15) is 4.79 Å². The molecular formula is C12H16N2O2. The van der Waals surface area contributed by atoms with Gasteiger partial charge in [0.15, 0.2) is 6.04 Å². The van der Waals surface area contributed by atoms with Crippen molar-refractivity contribution in [3.63, 3.8) is 0 Å². The second-order valence-corrected chi connectivity index (χ2v) is 4.87. The molecule has 1 aliphatic rings. The van der Waals surface area contributed by atoms with Gasteiger partial charge in [-0.1, -0.05) is 35.9 Å². The second kappa shape index (κ2) is 3.88. The van der Waals surface area contributed by atoms with E-state index in [1.165, 1.54) is 0 Å². The molecule has 4 heteroatoms. The fourth-order valence-electron chi connectivity index (χ4n) is 1.75. The monoisotopic (exact) mass is 220 g/mol. The maximum Gasteiger partial charge on any atom is 0.349 e. The summed E-state index contributed by atoms with van der Waals surface area (Å²) in [5.41, 5.74) is 3.43. The number of hydrogen-bond acceptors (Lipinski definition) is 4. The number of nitrogens with zero attached hydrogens (tertiary/aromatic N) is 1. The SMILES string of the molecule is CC(C)(C)N1NOC(=O)C1c1ccccc1. The maximum absolute atomic E-state index is 11.7. The number of benzene rings is 1. The largest absolute Gasteiger partial charge is 0.353 e. The number of rotatable bonds is 1. The Morgan fingerprint density at radius 2 is 1.88 bits per heavy atom. The normalized spacial score (nSPS) is 22.2. The molecule has 0 radical (unpaired) electrons. The summed E-state index contributed by atoms with van der Waals surface area (Å²) in [5, 5.41) is 1.82. The first-order valence-corrected chi connectivity index (χ1v) is 5.31. The van der Waals surface area contributed by atoms with Crippen LogP contribution in [0.25, 0.3) is 0 Å². The molecule has 0 bridgehead atoms. The van der Waals surface area contributed by atoms with Crippen molar-refractivity contribution in [3.05, 3.63) is 35.9 Å². The standard InChI is InChI=1S/C12H16N2O2/c1-12(2,3)14-10(11(15)16-13-14)9-7-5-4-6-8-9/h4-8,10,13H,1-3H3. The summed E-state index contributed by atoms with van der Waals surface area (Å²) < 4.78 is 0. The third-order valence-corrected chi connectivity index (χ3v) is 2.56. The molecule has 0 spiro atoms. The first-order chi connectivity index (χ1) is 7.50. The molecule has 86 valence electrons. The van der Waals surface area contributed by atoms with Gasteiger partial charge < -0.3 is 4.84 Å². The van der Waals surface area contributed by atoms with E-state index < -0.39 is 0 Å². The Balaban J connectivity index is 2.34. The second-order valence-electron chi connectivity index (χ2n) is 4.87. The van der Waals surface area contributed by atoms with E-state index in [4.69, 9.17) is 4.84 Å². The highest BCUT2D eigenvalue weighted by Crippen LogP contribution is 2.30. The molecule has 4 nitrogen and oxygen atoms in total. The Kier molecular flexibility index (Phi) is 2.69. The van der Waals surface area contributed by atoms with Crippen LogP contribution in [0.15, 0.2) is 30.3 Å². The molecule has 1 atom stereocenters. The van der Waals surface area contributed by atoms with E-state index in [1.807, 2.05) is 56.1 Å². The smallest absolute Gasteiger partial charge is 0.349 e. The van der Waals surface area contributed by atoms with Crippen LogP contribution in [0.3, 0.4) is 0 Å². The van der Waals surface area contributed by atoms with Gasteiger partial charge >= 0.3 is 5.97 Å². The molecule has 0 aromatic heterocycles. The van der Waals surface area contributed by atoms with Crippen LogP contribution in [0, 0.1) is 0 Å². The lowest BCUT2D eigenvalue weighted by Gasteiger charge is -2.32. The zero-order valence-corrected chi connectivity index (χ0v) is 9.73. The highest BCUT2D eigenvalue weighted by atomic mass is 16.7. The number of carbonyl (C=O) groups excluding carboxylic acids is 1. The topological polar surface area (TPSA) is 41.6 Å². The molecule has 1 aromatic carbocycles. The van der Waals surface area contributed by atoms with Crippen molar-refractivity contribution < 1.29 is 9.63 Å². The minimum Gasteiger partial charge on any atom is -0.353 e. The van der Waals surface area contributed by atoms with Crippen molar-refractivity contribution >= 4 is 5.97 Å². The Morgan fingerprint density at radius 3 is 2.44 bits per heavy atom. The van der Waals surface area contributed by atoms with Crippen molar-refractivity contribution in [2.24, 2.45) is 0 Å².